The molecule has 3 heterocycles. The molecule has 2 aromatic rings. The van der Waals surface area contributed by atoms with Crippen molar-refractivity contribution in [3.63, 3.8) is 0 Å². The Morgan fingerprint density at radius 1 is 1.17 bits per heavy atom. The molecule has 1 saturated heterocycles. The van der Waals surface area contributed by atoms with E-state index >= 15 is 0 Å². The predicted molar refractivity (Wildman–Crippen MR) is 82.8 cm³/mol. The van der Waals surface area contributed by atoms with Crippen molar-refractivity contribution in [3.05, 3.63) is 29.7 Å². The number of piperidine rings is 1. The summed E-state index contributed by atoms with van der Waals surface area (Å²) in [6.45, 7) is 3.51. The summed E-state index contributed by atoms with van der Waals surface area (Å²) in [7, 11) is 0. The number of likely N-dealkylation sites (tertiary alicyclic amines) is 1. The standard InChI is InChI=1S/C16H23N5O2/c22-10-9-21-14(3-6-17-21)12-4-7-20(8-5-12)11-15-18-16(19-23-15)13-1-2-13/h3,6,12-13,22H,1-2,4-5,7-11H2. The molecule has 0 spiro atoms. The van der Waals surface area contributed by atoms with E-state index < -0.39 is 0 Å². The number of aliphatic hydroxyl groups excluding tert-OH is 1. The first kappa shape index (κ1) is 14.8. The zero-order valence-corrected chi connectivity index (χ0v) is 13.3. The topological polar surface area (TPSA) is 80.2 Å². The van der Waals surface area contributed by atoms with E-state index in [9.17, 15) is 0 Å². The highest BCUT2D eigenvalue weighted by molar-refractivity contribution is 5.09. The van der Waals surface area contributed by atoms with Gasteiger partial charge in [0.2, 0.25) is 5.89 Å². The number of aliphatic hydroxyl groups is 1. The highest BCUT2D eigenvalue weighted by atomic mass is 16.5. The first-order valence-corrected chi connectivity index (χ1v) is 8.51. The van der Waals surface area contributed by atoms with Gasteiger partial charge in [0, 0.05) is 23.7 Å². The first-order chi connectivity index (χ1) is 11.3. The van der Waals surface area contributed by atoms with Crippen molar-refractivity contribution in [2.75, 3.05) is 19.7 Å². The lowest BCUT2D eigenvalue weighted by Gasteiger charge is -2.31. The molecule has 2 aromatic heterocycles. The Morgan fingerprint density at radius 3 is 2.74 bits per heavy atom. The van der Waals surface area contributed by atoms with Gasteiger partial charge in [0.1, 0.15) is 0 Å². The summed E-state index contributed by atoms with van der Waals surface area (Å²) in [4.78, 5) is 6.89. The van der Waals surface area contributed by atoms with Crippen molar-refractivity contribution in [3.8, 4) is 0 Å². The van der Waals surface area contributed by atoms with E-state index in [1.165, 1.54) is 18.5 Å². The maximum Gasteiger partial charge on any atom is 0.240 e. The fourth-order valence-corrected chi connectivity index (χ4v) is 3.39. The van der Waals surface area contributed by atoms with Crippen molar-refractivity contribution in [1.82, 2.24) is 24.8 Å². The lowest BCUT2D eigenvalue weighted by atomic mass is 9.93. The lowest BCUT2D eigenvalue weighted by molar-refractivity contribution is 0.177. The summed E-state index contributed by atoms with van der Waals surface area (Å²) in [6.07, 6.45) is 6.43. The molecule has 1 saturated carbocycles. The Bertz CT molecular complexity index is 640. The molecule has 7 heteroatoms. The van der Waals surface area contributed by atoms with Crippen LogP contribution in [-0.4, -0.2) is 49.6 Å². The Morgan fingerprint density at radius 2 is 2.00 bits per heavy atom. The zero-order chi connectivity index (χ0) is 15.6. The Hall–Kier alpha value is -1.73. The van der Waals surface area contributed by atoms with E-state index in [2.05, 4.69) is 26.2 Å². The fourth-order valence-electron chi connectivity index (χ4n) is 3.39. The summed E-state index contributed by atoms with van der Waals surface area (Å²) < 4.78 is 7.30. The molecule has 124 valence electrons. The number of rotatable bonds is 6. The van der Waals surface area contributed by atoms with Crippen molar-refractivity contribution in [1.29, 1.82) is 0 Å². The van der Waals surface area contributed by atoms with Crippen molar-refractivity contribution >= 4 is 0 Å². The smallest absolute Gasteiger partial charge is 0.240 e. The highest BCUT2D eigenvalue weighted by Crippen LogP contribution is 2.38. The van der Waals surface area contributed by atoms with Gasteiger partial charge in [-0.15, -0.1) is 0 Å². The normalized spacial score (nSPS) is 20.2. The molecule has 0 unspecified atom stereocenters. The molecule has 0 aromatic carbocycles. The van der Waals surface area contributed by atoms with Crippen molar-refractivity contribution < 1.29 is 9.63 Å². The van der Waals surface area contributed by atoms with Gasteiger partial charge in [-0.25, -0.2) is 0 Å². The quantitative estimate of drug-likeness (QED) is 0.870. The maximum atomic E-state index is 9.12. The molecule has 0 atom stereocenters. The molecule has 23 heavy (non-hydrogen) atoms. The van der Waals surface area contributed by atoms with Crippen LogP contribution in [0.1, 0.15) is 54.9 Å². The SMILES string of the molecule is OCCn1nccc1C1CCN(Cc2nc(C3CC3)no2)CC1. The fraction of sp³-hybridized carbons (Fsp3) is 0.688. The second-order valence-corrected chi connectivity index (χ2v) is 6.57. The van der Waals surface area contributed by atoms with E-state index in [-0.39, 0.29) is 6.61 Å². The Kier molecular flexibility index (Phi) is 4.13. The maximum absolute atomic E-state index is 9.12. The van der Waals surface area contributed by atoms with Crippen LogP contribution in [0.3, 0.4) is 0 Å². The van der Waals surface area contributed by atoms with Gasteiger partial charge >= 0.3 is 0 Å². The number of aromatic nitrogens is 4. The van der Waals surface area contributed by atoms with Gasteiger partial charge in [-0.1, -0.05) is 5.16 Å². The minimum absolute atomic E-state index is 0.133. The molecule has 0 amide bonds. The van der Waals surface area contributed by atoms with Crippen LogP contribution in [0.25, 0.3) is 0 Å². The third kappa shape index (κ3) is 3.30. The van der Waals surface area contributed by atoms with E-state index in [4.69, 9.17) is 9.63 Å². The number of hydrogen-bond acceptors (Lipinski definition) is 6. The number of hydrogen-bond donors (Lipinski definition) is 1. The lowest BCUT2D eigenvalue weighted by Crippen LogP contribution is -2.33. The first-order valence-electron chi connectivity index (χ1n) is 8.51. The van der Waals surface area contributed by atoms with E-state index in [1.54, 1.807) is 0 Å². The third-order valence-corrected chi connectivity index (χ3v) is 4.85. The van der Waals surface area contributed by atoms with Crippen LogP contribution in [0, 0.1) is 0 Å². The zero-order valence-electron chi connectivity index (χ0n) is 13.3. The van der Waals surface area contributed by atoms with Crippen molar-refractivity contribution in [2.45, 2.75) is 50.6 Å². The summed E-state index contributed by atoms with van der Waals surface area (Å²) in [6, 6.07) is 2.08. The molecule has 0 radical (unpaired) electrons. The molecule has 2 aliphatic rings. The molecule has 1 N–H and O–H groups in total. The summed E-state index contributed by atoms with van der Waals surface area (Å²) in [5.74, 6) is 2.70. The molecule has 7 nitrogen and oxygen atoms in total. The molecular formula is C16H23N5O2. The highest BCUT2D eigenvalue weighted by Gasteiger charge is 2.29. The largest absolute Gasteiger partial charge is 0.394 e. The van der Waals surface area contributed by atoms with Gasteiger partial charge in [0.25, 0.3) is 0 Å². The molecule has 0 bridgehead atoms. The van der Waals surface area contributed by atoms with Crippen LogP contribution in [0.15, 0.2) is 16.8 Å². The third-order valence-electron chi connectivity index (χ3n) is 4.85. The summed E-state index contributed by atoms with van der Waals surface area (Å²) >= 11 is 0. The van der Waals surface area contributed by atoms with Crippen LogP contribution >= 0.6 is 0 Å². The monoisotopic (exact) mass is 317 g/mol. The molecular weight excluding hydrogens is 294 g/mol. The number of nitrogens with zero attached hydrogens (tertiary/aromatic N) is 5. The van der Waals surface area contributed by atoms with Gasteiger partial charge in [-0.2, -0.15) is 10.1 Å². The predicted octanol–water partition coefficient (Wildman–Crippen LogP) is 1.52. The van der Waals surface area contributed by atoms with E-state index in [0.29, 0.717) is 18.4 Å². The average molecular weight is 317 g/mol. The summed E-state index contributed by atoms with van der Waals surface area (Å²) in [5, 5.41) is 17.5. The Labute approximate surface area is 135 Å². The molecule has 4 rings (SSSR count). The van der Waals surface area contributed by atoms with Crippen molar-refractivity contribution in [2.24, 2.45) is 0 Å². The van der Waals surface area contributed by atoms with Gasteiger partial charge in [-0.3, -0.25) is 9.58 Å². The average Bonchev–Trinajstić information content (AvgIpc) is 3.14. The minimum atomic E-state index is 0.133. The van der Waals surface area contributed by atoms with Gasteiger partial charge in [0.15, 0.2) is 5.82 Å². The second-order valence-electron chi connectivity index (χ2n) is 6.57. The van der Waals surface area contributed by atoms with Crippen LogP contribution in [0.5, 0.6) is 0 Å². The summed E-state index contributed by atoms with van der Waals surface area (Å²) in [5.41, 5.74) is 1.24. The van der Waals surface area contributed by atoms with Crippen LogP contribution in [0.2, 0.25) is 0 Å². The van der Waals surface area contributed by atoms with Gasteiger partial charge in [-0.05, 0) is 44.8 Å². The minimum Gasteiger partial charge on any atom is -0.394 e. The molecule has 2 fully saturated rings. The van der Waals surface area contributed by atoms with Crippen LogP contribution in [-0.2, 0) is 13.1 Å². The molecule has 1 aliphatic heterocycles. The van der Waals surface area contributed by atoms with Crippen LogP contribution < -0.4 is 0 Å². The second kappa shape index (κ2) is 6.41. The van der Waals surface area contributed by atoms with Crippen LogP contribution in [0.4, 0.5) is 0 Å². The van der Waals surface area contributed by atoms with Gasteiger partial charge in [0.05, 0.1) is 19.7 Å². The van der Waals surface area contributed by atoms with E-state index in [0.717, 1.165) is 44.2 Å². The molecule has 1 aliphatic carbocycles. The Balaban J connectivity index is 1.32. The van der Waals surface area contributed by atoms with E-state index in [1.807, 2.05) is 10.9 Å². The van der Waals surface area contributed by atoms with Gasteiger partial charge < -0.3 is 9.63 Å².